The molecule has 0 aliphatic heterocycles. The molecule has 1 unspecified atom stereocenters. The SMILES string of the molecule is O=C(O)CCSC(O)C(=O)c1ccccc1. The Morgan fingerprint density at radius 3 is 2.44 bits per heavy atom. The first-order valence-corrected chi connectivity index (χ1v) is 5.77. The van der Waals surface area contributed by atoms with Crippen LogP contribution in [0.2, 0.25) is 0 Å². The van der Waals surface area contributed by atoms with E-state index in [0.717, 1.165) is 11.8 Å². The molecule has 0 aromatic heterocycles. The molecular weight excluding hydrogens is 228 g/mol. The summed E-state index contributed by atoms with van der Waals surface area (Å²) in [7, 11) is 0. The van der Waals surface area contributed by atoms with Crippen LogP contribution in [0.15, 0.2) is 30.3 Å². The van der Waals surface area contributed by atoms with Gasteiger partial charge in [0.1, 0.15) is 0 Å². The molecule has 0 saturated carbocycles. The van der Waals surface area contributed by atoms with E-state index in [2.05, 4.69) is 0 Å². The summed E-state index contributed by atoms with van der Waals surface area (Å²) in [6.07, 6.45) is -0.0657. The van der Waals surface area contributed by atoms with Crippen LogP contribution in [0.5, 0.6) is 0 Å². The molecule has 0 spiro atoms. The first kappa shape index (κ1) is 12.7. The molecule has 0 amide bonds. The highest BCUT2D eigenvalue weighted by Gasteiger charge is 2.17. The Bertz CT molecular complexity index is 364. The number of rotatable bonds is 6. The molecule has 5 heteroatoms. The predicted octanol–water partition coefficient (Wildman–Crippen LogP) is 1.40. The van der Waals surface area contributed by atoms with E-state index in [1.54, 1.807) is 30.3 Å². The number of ketones is 1. The summed E-state index contributed by atoms with van der Waals surface area (Å²) in [5, 5.41) is 17.9. The quantitative estimate of drug-likeness (QED) is 0.580. The lowest BCUT2D eigenvalue weighted by Gasteiger charge is -2.08. The van der Waals surface area contributed by atoms with Gasteiger partial charge in [0.05, 0.1) is 6.42 Å². The predicted molar refractivity (Wildman–Crippen MR) is 61.5 cm³/mol. The number of hydrogen-bond acceptors (Lipinski definition) is 4. The Balaban J connectivity index is 2.45. The first-order chi connectivity index (χ1) is 7.61. The van der Waals surface area contributed by atoms with Gasteiger partial charge in [-0.2, -0.15) is 0 Å². The average Bonchev–Trinajstić information content (AvgIpc) is 2.28. The van der Waals surface area contributed by atoms with E-state index in [-0.39, 0.29) is 12.2 Å². The Labute approximate surface area is 97.3 Å². The van der Waals surface area contributed by atoms with Crippen LogP contribution in [0.25, 0.3) is 0 Å². The second-order valence-electron chi connectivity index (χ2n) is 3.10. The van der Waals surface area contributed by atoms with E-state index in [1.165, 1.54) is 0 Å². The van der Waals surface area contributed by atoms with Crippen LogP contribution in [0, 0.1) is 0 Å². The second kappa shape index (κ2) is 6.30. The third kappa shape index (κ3) is 4.04. The van der Waals surface area contributed by atoms with Gasteiger partial charge in [-0.1, -0.05) is 30.3 Å². The summed E-state index contributed by atoms with van der Waals surface area (Å²) in [4.78, 5) is 21.8. The number of benzene rings is 1. The van der Waals surface area contributed by atoms with Crippen LogP contribution >= 0.6 is 11.8 Å². The van der Waals surface area contributed by atoms with E-state index in [4.69, 9.17) is 5.11 Å². The van der Waals surface area contributed by atoms with Crippen LogP contribution in [0.3, 0.4) is 0 Å². The topological polar surface area (TPSA) is 74.6 Å². The number of hydrogen-bond donors (Lipinski definition) is 2. The highest BCUT2D eigenvalue weighted by atomic mass is 32.2. The Morgan fingerprint density at radius 1 is 1.25 bits per heavy atom. The first-order valence-electron chi connectivity index (χ1n) is 4.72. The summed E-state index contributed by atoms with van der Waals surface area (Å²) in [5.41, 5.74) is -0.764. The van der Waals surface area contributed by atoms with Crippen LogP contribution in [0.4, 0.5) is 0 Å². The third-order valence-electron chi connectivity index (χ3n) is 1.87. The Hall–Kier alpha value is -1.33. The third-order valence-corrected chi connectivity index (χ3v) is 2.84. The maximum atomic E-state index is 11.6. The smallest absolute Gasteiger partial charge is 0.304 e. The number of carbonyl (C=O) groups excluding carboxylic acids is 1. The molecule has 1 atom stereocenters. The number of carboxylic acids is 1. The molecule has 16 heavy (non-hydrogen) atoms. The maximum Gasteiger partial charge on any atom is 0.304 e. The van der Waals surface area contributed by atoms with Gasteiger partial charge in [0.25, 0.3) is 0 Å². The largest absolute Gasteiger partial charge is 0.481 e. The van der Waals surface area contributed by atoms with E-state index in [0.29, 0.717) is 5.56 Å². The molecule has 1 aromatic carbocycles. The molecule has 1 aromatic rings. The number of thioether (sulfide) groups is 1. The fraction of sp³-hybridized carbons (Fsp3) is 0.273. The van der Waals surface area contributed by atoms with Gasteiger partial charge >= 0.3 is 5.97 Å². The number of aliphatic hydroxyl groups is 1. The standard InChI is InChI=1S/C11H12O4S/c12-9(13)6-7-16-11(15)10(14)8-4-2-1-3-5-8/h1-5,11,15H,6-7H2,(H,12,13). The highest BCUT2D eigenvalue weighted by molar-refractivity contribution is 8.00. The van der Waals surface area contributed by atoms with E-state index >= 15 is 0 Å². The van der Waals surface area contributed by atoms with Crippen molar-refractivity contribution in [2.45, 2.75) is 11.9 Å². The van der Waals surface area contributed by atoms with Crippen molar-refractivity contribution < 1.29 is 19.8 Å². The number of carboxylic acid groups (broad SMARTS) is 1. The summed E-state index contributed by atoms with van der Waals surface area (Å²) >= 11 is 0.933. The minimum Gasteiger partial charge on any atom is -0.481 e. The molecule has 0 radical (unpaired) electrons. The monoisotopic (exact) mass is 240 g/mol. The van der Waals surface area contributed by atoms with Gasteiger partial charge in [-0.25, -0.2) is 0 Å². The summed E-state index contributed by atoms with van der Waals surface area (Å²) in [6.45, 7) is 0. The maximum absolute atomic E-state index is 11.6. The van der Waals surface area contributed by atoms with Crippen molar-refractivity contribution in [3.63, 3.8) is 0 Å². The van der Waals surface area contributed by atoms with E-state index in [9.17, 15) is 14.7 Å². The van der Waals surface area contributed by atoms with Crippen molar-refractivity contribution in [3.8, 4) is 0 Å². The zero-order valence-corrected chi connectivity index (χ0v) is 9.31. The lowest BCUT2D eigenvalue weighted by molar-refractivity contribution is -0.136. The van der Waals surface area contributed by atoms with Crippen molar-refractivity contribution in [1.29, 1.82) is 0 Å². The number of aliphatic carboxylic acids is 1. The van der Waals surface area contributed by atoms with Gasteiger partial charge in [0.15, 0.2) is 5.44 Å². The Kier molecular flexibility index (Phi) is 5.01. The molecule has 0 fully saturated rings. The minimum atomic E-state index is -1.19. The molecule has 0 aliphatic rings. The molecule has 0 aliphatic carbocycles. The van der Waals surface area contributed by atoms with Crippen molar-refractivity contribution in [3.05, 3.63) is 35.9 Å². The van der Waals surface area contributed by atoms with Gasteiger partial charge in [0.2, 0.25) is 5.78 Å². The van der Waals surface area contributed by atoms with Crippen molar-refractivity contribution in [2.24, 2.45) is 0 Å². The average molecular weight is 240 g/mol. The molecule has 0 heterocycles. The minimum absolute atomic E-state index is 0.0657. The highest BCUT2D eigenvalue weighted by Crippen LogP contribution is 2.15. The fourth-order valence-corrected chi connectivity index (χ4v) is 1.88. The molecule has 0 saturated heterocycles. The van der Waals surface area contributed by atoms with Crippen LogP contribution in [-0.2, 0) is 4.79 Å². The fourth-order valence-electron chi connectivity index (χ4n) is 1.08. The molecule has 4 nitrogen and oxygen atoms in total. The van der Waals surface area contributed by atoms with Crippen LogP contribution in [0.1, 0.15) is 16.8 Å². The van der Waals surface area contributed by atoms with Crippen molar-refractivity contribution >= 4 is 23.5 Å². The molecule has 2 N–H and O–H groups in total. The molecule has 1 rings (SSSR count). The van der Waals surface area contributed by atoms with Gasteiger partial charge < -0.3 is 10.2 Å². The Morgan fingerprint density at radius 2 is 1.88 bits per heavy atom. The summed E-state index contributed by atoms with van der Waals surface area (Å²) < 4.78 is 0. The lowest BCUT2D eigenvalue weighted by atomic mass is 10.1. The second-order valence-corrected chi connectivity index (χ2v) is 4.29. The van der Waals surface area contributed by atoms with Crippen LogP contribution < -0.4 is 0 Å². The number of Topliss-reactive ketones (excluding diaryl/α,β-unsaturated/α-hetero) is 1. The van der Waals surface area contributed by atoms with Crippen molar-refractivity contribution in [1.82, 2.24) is 0 Å². The van der Waals surface area contributed by atoms with E-state index in [1.807, 2.05) is 0 Å². The normalized spacial score (nSPS) is 12.1. The summed E-state index contributed by atoms with van der Waals surface area (Å²) in [5.74, 6) is -1.11. The number of carbonyl (C=O) groups is 2. The van der Waals surface area contributed by atoms with Gasteiger partial charge in [-0.3, -0.25) is 9.59 Å². The van der Waals surface area contributed by atoms with Crippen LogP contribution in [-0.4, -0.2) is 33.2 Å². The van der Waals surface area contributed by atoms with Gasteiger partial charge in [0, 0.05) is 11.3 Å². The van der Waals surface area contributed by atoms with Crippen molar-refractivity contribution in [2.75, 3.05) is 5.75 Å². The van der Waals surface area contributed by atoms with Gasteiger partial charge in [-0.15, -0.1) is 11.8 Å². The lowest BCUT2D eigenvalue weighted by Crippen LogP contribution is -2.17. The molecule has 86 valence electrons. The van der Waals surface area contributed by atoms with E-state index < -0.39 is 17.2 Å². The molecular formula is C11H12O4S. The van der Waals surface area contributed by atoms with Gasteiger partial charge in [-0.05, 0) is 0 Å². The molecule has 0 bridgehead atoms. The number of aliphatic hydroxyl groups excluding tert-OH is 1. The summed E-state index contributed by atoms with van der Waals surface area (Å²) in [6, 6.07) is 8.43. The zero-order chi connectivity index (χ0) is 12.0. The zero-order valence-electron chi connectivity index (χ0n) is 8.50.